The van der Waals surface area contributed by atoms with Crippen molar-refractivity contribution >= 4 is 23.3 Å². The average Bonchev–Trinajstić information content (AvgIpc) is 3.14. The molecule has 8 heteroatoms. The summed E-state index contributed by atoms with van der Waals surface area (Å²) in [5.41, 5.74) is 4.01. The van der Waals surface area contributed by atoms with E-state index in [2.05, 4.69) is 27.3 Å². The number of hydrogen-bond acceptors (Lipinski definition) is 6. The van der Waals surface area contributed by atoms with E-state index in [1.54, 1.807) is 18.4 Å². The molecule has 2 heterocycles. The van der Waals surface area contributed by atoms with Crippen LogP contribution in [0, 0.1) is 13.8 Å². The lowest BCUT2D eigenvalue weighted by molar-refractivity contribution is -0.152. The van der Waals surface area contributed by atoms with E-state index < -0.39 is 12.1 Å². The highest BCUT2D eigenvalue weighted by Gasteiger charge is 2.20. The fourth-order valence-corrected chi connectivity index (χ4v) is 2.92. The van der Waals surface area contributed by atoms with Gasteiger partial charge < -0.3 is 10.1 Å². The molecule has 1 aromatic carbocycles. The van der Waals surface area contributed by atoms with Crippen molar-refractivity contribution < 1.29 is 14.3 Å². The highest BCUT2D eigenvalue weighted by molar-refractivity contribution is 5.95. The van der Waals surface area contributed by atoms with Gasteiger partial charge in [-0.1, -0.05) is 19.1 Å². The van der Waals surface area contributed by atoms with Gasteiger partial charge in [0.25, 0.3) is 11.7 Å². The number of amides is 1. The third-order valence-electron chi connectivity index (χ3n) is 4.62. The van der Waals surface area contributed by atoms with Gasteiger partial charge in [-0.05, 0) is 44.9 Å². The number of anilines is 1. The van der Waals surface area contributed by atoms with Crippen molar-refractivity contribution in [1.82, 2.24) is 19.6 Å². The van der Waals surface area contributed by atoms with Gasteiger partial charge in [0.2, 0.25) is 0 Å². The molecule has 0 saturated carbocycles. The molecular formula is C20H23N5O3. The van der Waals surface area contributed by atoms with E-state index in [1.165, 1.54) is 11.9 Å². The summed E-state index contributed by atoms with van der Waals surface area (Å²) in [7, 11) is 0. The zero-order chi connectivity index (χ0) is 20.3. The zero-order valence-electron chi connectivity index (χ0n) is 16.4. The van der Waals surface area contributed by atoms with E-state index in [9.17, 15) is 9.59 Å². The summed E-state index contributed by atoms with van der Waals surface area (Å²) in [6.07, 6.45) is 1.43. The lowest BCUT2D eigenvalue weighted by Gasteiger charge is -2.15. The highest BCUT2D eigenvalue weighted by Crippen LogP contribution is 2.15. The van der Waals surface area contributed by atoms with Crippen molar-refractivity contribution in [3.63, 3.8) is 0 Å². The predicted octanol–water partition coefficient (Wildman–Crippen LogP) is 2.42. The molecule has 0 aliphatic rings. The normalized spacial score (nSPS) is 12.0. The third kappa shape index (κ3) is 4.16. The SMILES string of the molecule is CCc1ccc(NC(=O)[C@@H](C)OC(=O)Cc2c(C)nc3ncnn3c2C)cc1. The number of nitrogens with zero attached hydrogens (tertiary/aromatic N) is 4. The molecular weight excluding hydrogens is 358 g/mol. The van der Waals surface area contributed by atoms with Gasteiger partial charge in [0, 0.05) is 22.6 Å². The molecule has 146 valence electrons. The molecule has 8 nitrogen and oxygen atoms in total. The van der Waals surface area contributed by atoms with Crippen molar-refractivity contribution in [3.05, 3.63) is 53.1 Å². The second kappa shape index (κ2) is 8.16. The molecule has 0 aliphatic heterocycles. The molecule has 1 atom stereocenters. The van der Waals surface area contributed by atoms with Crippen molar-refractivity contribution in [3.8, 4) is 0 Å². The van der Waals surface area contributed by atoms with Crippen molar-refractivity contribution in [1.29, 1.82) is 0 Å². The number of hydrogen-bond donors (Lipinski definition) is 1. The summed E-state index contributed by atoms with van der Waals surface area (Å²) in [4.78, 5) is 33.1. The number of ether oxygens (including phenoxy) is 1. The summed E-state index contributed by atoms with van der Waals surface area (Å²) < 4.78 is 6.89. The Labute approximate surface area is 163 Å². The number of fused-ring (bicyclic) bond motifs is 1. The minimum Gasteiger partial charge on any atom is -0.452 e. The topological polar surface area (TPSA) is 98.5 Å². The van der Waals surface area contributed by atoms with Crippen LogP contribution >= 0.6 is 0 Å². The van der Waals surface area contributed by atoms with Crippen LogP contribution in [0.1, 0.15) is 36.4 Å². The molecule has 0 saturated heterocycles. The standard InChI is InChI=1S/C20H23N5O3/c1-5-15-6-8-16(9-7-15)24-19(27)14(4)28-18(26)10-17-12(2)23-20-21-11-22-25(20)13(17)3/h6-9,11,14H,5,10H2,1-4H3,(H,24,27)/t14-/m1/s1. The van der Waals surface area contributed by atoms with Crippen LogP contribution in [0.4, 0.5) is 5.69 Å². The van der Waals surface area contributed by atoms with Gasteiger partial charge in [-0.2, -0.15) is 10.1 Å². The van der Waals surface area contributed by atoms with Crippen LogP contribution in [0.3, 0.4) is 0 Å². The average molecular weight is 381 g/mol. The van der Waals surface area contributed by atoms with Gasteiger partial charge in [0.1, 0.15) is 6.33 Å². The first-order valence-electron chi connectivity index (χ1n) is 9.14. The van der Waals surface area contributed by atoms with Crippen LogP contribution in [0.15, 0.2) is 30.6 Å². The lowest BCUT2D eigenvalue weighted by Crippen LogP contribution is -2.30. The molecule has 0 spiro atoms. The molecule has 0 radical (unpaired) electrons. The quantitative estimate of drug-likeness (QED) is 0.659. The highest BCUT2D eigenvalue weighted by atomic mass is 16.5. The Bertz CT molecular complexity index is 1010. The number of rotatable bonds is 6. The van der Waals surface area contributed by atoms with Crippen molar-refractivity contribution in [2.75, 3.05) is 5.32 Å². The minimum atomic E-state index is -0.915. The molecule has 3 aromatic rings. The van der Waals surface area contributed by atoms with Crippen LogP contribution < -0.4 is 5.32 Å². The fraction of sp³-hybridized carbons (Fsp3) is 0.350. The summed E-state index contributed by atoms with van der Waals surface area (Å²) in [5.74, 6) is -0.402. The summed E-state index contributed by atoms with van der Waals surface area (Å²) in [6.45, 7) is 7.26. The maximum absolute atomic E-state index is 12.4. The van der Waals surface area contributed by atoms with E-state index >= 15 is 0 Å². The predicted molar refractivity (Wildman–Crippen MR) is 104 cm³/mol. The van der Waals surface area contributed by atoms with E-state index in [0.717, 1.165) is 12.1 Å². The smallest absolute Gasteiger partial charge is 0.311 e. The Morgan fingerprint density at radius 2 is 1.93 bits per heavy atom. The van der Waals surface area contributed by atoms with E-state index in [4.69, 9.17) is 4.74 Å². The van der Waals surface area contributed by atoms with Gasteiger partial charge in [-0.15, -0.1) is 0 Å². The monoisotopic (exact) mass is 381 g/mol. The van der Waals surface area contributed by atoms with Gasteiger partial charge in [0.05, 0.1) is 6.42 Å². The summed E-state index contributed by atoms with van der Waals surface area (Å²) >= 11 is 0. The van der Waals surface area contributed by atoms with Gasteiger partial charge in [-0.3, -0.25) is 9.59 Å². The lowest BCUT2D eigenvalue weighted by atomic mass is 10.1. The van der Waals surface area contributed by atoms with E-state index in [0.29, 0.717) is 22.7 Å². The number of esters is 1. The Morgan fingerprint density at radius 1 is 1.21 bits per heavy atom. The van der Waals surface area contributed by atoms with Gasteiger partial charge in [0.15, 0.2) is 6.10 Å². The Morgan fingerprint density at radius 3 is 2.61 bits per heavy atom. The van der Waals surface area contributed by atoms with Gasteiger partial charge >= 0.3 is 5.97 Å². The first-order chi connectivity index (χ1) is 13.4. The Balaban J connectivity index is 1.63. The second-order valence-corrected chi connectivity index (χ2v) is 6.58. The maximum atomic E-state index is 12.4. The third-order valence-corrected chi connectivity index (χ3v) is 4.62. The molecule has 0 fully saturated rings. The molecule has 2 aromatic heterocycles. The number of carbonyl (C=O) groups is 2. The summed E-state index contributed by atoms with van der Waals surface area (Å²) in [5, 5.41) is 6.86. The van der Waals surface area contributed by atoms with Gasteiger partial charge in [-0.25, -0.2) is 9.50 Å². The number of aryl methyl sites for hydroxylation is 3. The molecule has 0 aliphatic carbocycles. The molecule has 1 amide bonds. The van der Waals surface area contributed by atoms with Crippen molar-refractivity contribution in [2.24, 2.45) is 0 Å². The maximum Gasteiger partial charge on any atom is 0.311 e. The number of benzene rings is 1. The number of carbonyl (C=O) groups excluding carboxylic acids is 2. The second-order valence-electron chi connectivity index (χ2n) is 6.58. The summed E-state index contributed by atoms with van der Waals surface area (Å²) in [6, 6.07) is 7.56. The zero-order valence-corrected chi connectivity index (χ0v) is 16.4. The molecule has 0 unspecified atom stereocenters. The molecule has 0 bridgehead atoms. The van der Waals surface area contributed by atoms with Crippen LogP contribution in [0.5, 0.6) is 0 Å². The van der Waals surface area contributed by atoms with E-state index in [1.807, 2.05) is 31.2 Å². The molecule has 1 N–H and O–H groups in total. The number of nitrogens with one attached hydrogen (secondary N) is 1. The molecule has 3 rings (SSSR count). The van der Waals surface area contributed by atoms with E-state index in [-0.39, 0.29) is 12.3 Å². The van der Waals surface area contributed by atoms with Crippen LogP contribution in [0.2, 0.25) is 0 Å². The first-order valence-corrected chi connectivity index (χ1v) is 9.14. The molecule has 28 heavy (non-hydrogen) atoms. The number of aromatic nitrogens is 4. The first kappa shape index (κ1) is 19.5. The minimum absolute atomic E-state index is 0.00326. The van der Waals surface area contributed by atoms with Crippen LogP contribution in [-0.2, 0) is 27.2 Å². The van der Waals surface area contributed by atoms with Crippen LogP contribution in [0.25, 0.3) is 5.78 Å². The fourth-order valence-electron chi connectivity index (χ4n) is 2.92. The Hall–Kier alpha value is -3.29. The van der Waals surface area contributed by atoms with Crippen molar-refractivity contribution in [2.45, 2.75) is 46.6 Å². The Kier molecular flexibility index (Phi) is 5.67. The largest absolute Gasteiger partial charge is 0.452 e. The van der Waals surface area contributed by atoms with Crippen LogP contribution in [-0.4, -0.2) is 37.6 Å².